The number of aromatic nitrogens is 4. The number of para-hydroxylation sites is 1. The Labute approximate surface area is 197 Å². The molecule has 0 radical (unpaired) electrons. The maximum atomic E-state index is 14.4. The van der Waals surface area contributed by atoms with Crippen molar-refractivity contribution in [2.24, 2.45) is 0 Å². The highest BCUT2D eigenvalue weighted by molar-refractivity contribution is 5.92. The molecule has 0 saturated carbocycles. The van der Waals surface area contributed by atoms with E-state index in [9.17, 15) is 18.8 Å². The third kappa shape index (κ3) is 4.57. The Bertz CT molecular complexity index is 1480. The molecule has 0 atom stereocenters. The van der Waals surface area contributed by atoms with E-state index >= 15 is 0 Å². The number of anilines is 1. The van der Waals surface area contributed by atoms with Crippen LogP contribution >= 0.6 is 0 Å². The number of aromatic carboxylic acids is 1. The molecule has 11 nitrogen and oxygen atoms in total. The van der Waals surface area contributed by atoms with E-state index in [0.29, 0.717) is 20.8 Å². The molecule has 0 spiro atoms. The molecular weight excluding hydrogens is 461 g/mol. The van der Waals surface area contributed by atoms with Gasteiger partial charge in [-0.1, -0.05) is 18.2 Å². The van der Waals surface area contributed by atoms with Crippen LogP contribution in [0.5, 0.6) is 17.2 Å². The highest BCUT2D eigenvalue weighted by atomic mass is 19.1. The lowest BCUT2D eigenvalue weighted by molar-refractivity contribution is 0.0696. The quantitative estimate of drug-likeness (QED) is 0.418. The zero-order chi connectivity index (χ0) is 25.1. The van der Waals surface area contributed by atoms with Gasteiger partial charge in [-0.05, 0) is 52.9 Å². The lowest BCUT2D eigenvalue weighted by Gasteiger charge is -2.17. The van der Waals surface area contributed by atoms with Crippen LogP contribution in [0.1, 0.15) is 10.4 Å². The highest BCUT2D eigenvalue weighted by Crippen LogP contribution is 2.27. The molecule has 4 aromatic rings. The van der Waals surface area contributed by atoms with E-state index in [1.165, 1.54) is 44.5 Å². The van der Waals surface area contributed by atoms with Crippen LogP contribution in [-0.4, -0.2) is 51.1 Å². The van der Waals surface area contributed by atoms with Gasteiger partial charge < -0.3 is 14.6 Å². The third-order valence-electron chi connectivity index (χ3n) is 4.95. The molecule has 0 aliphatic heterocycles. The van der Waals surface area contributed by atoms with Crippen molar-refractivity contribution in [1.29, 1.82) is 0 Å². The molecule has 0 bridgehead atoms. The number of hydrogen-bond donors (Lipinski definition) is 1. The molecule has 1 amide bonds. The fourth-order valence-electron chi connectivity index (χ4n) is 3.21. The third-order valence-corrected chi connectivity index (χ3v) is 4.95. The van der Waals surface area contributed by atoms with Crippen LogP contribution in [0.4, 0.5) is 14.9 Å². The Morgan fingerprint density at radius 1 is 1.00 bits per heavy atom. The smallest absolute Gasteiger partial charge is 0.377 e. The van der Waals surface area contributed by atoms with E-state index in [1.807, 2.05) is 0 Å². The van der Waals surface area contributed by atoms with Crippen LogP contribution in [0.25, 0.3) is 5.69 Å². The molecule has 0 unspecified atom stereocenters. The summed E-state index contributed by atoms with van der Waals surface area (Å²) in [6.07, 6.45) is 0. The van der Waals surface area contributed by atoms with E-state index in [2.05, 4.69) is 10.4 Å². The van der Waals surface area contributed by atoms with E-state index in [-0.39, 0.29) is 22.7 Å². The number of nitrogens with zero attached hydrogens (tertiary/aromatic N) is 5. The Morgan fingerprint density at radius 2 is 1.69 bits per heavy atom. The molecule has 4 rings (SSSR count). The topological polar surface area (TPSA) is 129 Å². The van der Waals surface area contributed by atoms with Gasteiger partial charge in [0.25, 0.3) is 0 Å². The number of carbonyl (C=O) groups excluding carboxylic acids is 1. The minimum absolute atomic E-state index is 0.0387. The van der Waals surface area contributed by atoms with Crippen LogP contribution < -0.4 is 20.1 Å². The zero-order valence-corrected chi connectivity index (χ0v) is 18.5. The van der Waals surface area contributed by atoms with Gasteiger partial charge in [0, 0.05) is 18.8 Å². The standard InChI is InChI=1S/C23H18FN5O6/c1-27(15-7-4-9-17(13-15)35-16-8-3-6-14(12-16)21(30)31)22(32)29-23(33)28(25-26-29)20-18(24)10-5-11-19(20)34-2/h3-13H,1-2H3,(H,30,31). The fraction of sp³-hybridized carbons (Fsp3) is 0.0870. The van der Waals surface area contributed by atoms with Crippen molar-refractivity contribution in [3.8, 4) is 22.9 Å². The van der Waals surface area contributed by atoms with E-state index in [1.54, 1.807) is 30.3 Å². The minimum atomic E-state index is -1.10. The van der Waals surface area contributed by atoms with Gasteiger partial charge in [0.05, 0.1) is 12.7 Å². The van der Waals surface area contributed by atoms with Crippen molar-refractivity contribution in [3.05, 3.63) is 88.6 Å². The Balaban J connectivity index is 1.60. The highest BCUT2D eigenvalue weighted by Gasteiger charge is 2.23. The Hall–Kier alpha value is -5.00. The van der Waals surface area contributed by atoms with Gasteiger partial charge in [-0.15, -0.1) is 4.68 Å². The van der Waals surface area contributed by atoms with Crippen molar-refractivity contribution in [1.82, 2.24) is 19.8 Å². The summed E-state index contributed by atoms with van der Waals surface area (Å²) in [5, 5.41) is 16.3. The van der Waals surface area contributed by atoms with Crippen molar-refractivity contribution < 1.29 is 28.6 Å². The summed E-state index contributed by atoms with van der Waals surface area (Å²) in [4.78, 5) is 38.1. The van der Waals surface area contributed by atoms with Gasteiger partial charge in [0.15, 0.2) is 5.82 Å². The monoisotopic (exact) mass is 479 g/mol. The number of ether oxygens (including phenoxy) is 2. The molecule has 0 fully saturated rings. The van der Waals surface area contributed by atoms with E-state index in [4.69, 9.17) is 14.6 Å². The van der Waals surface area contributed by atoms with Crippen LogP contribution in [0.3, 0.4) is 0 Å². The number of carboxylic acids is 1. The van der Waals surface area contributed by atoms with Gasteiger partial charge in [0.2, 0.25) is 0 Å². The molecule has 3 aromatic carbocycles. The summed E-state index contributed by atoms with van der Waals surface area (Å²) in [5.41, 5.74) is -0.879. The summed E-state index contributed by atoms with van der Waals surface area (Å²) in [6.45, 7) is 0. The number of tetrazole rings is 1. The largest absolute Gasteiger partial charge is 0.494 e. The molecular formula is C23H18FN5O6. The average Bonchev–Trinajstić information content (AvgIpc) is 3.23. The number of methoxy groups -OCH3 is 1. The average molecular weight is 479 g/mol. The first-order valence-corrected chi connectivity index (χ1v) is 10.1. The summed E-state index contributed by atoms with van der Waals surface area (Å²) < 4.78 is 26.3. The van der Waals surface area contributed by atoms with Crippen molar-refractivity contribution in [2.45, 2.75) is 0 Å². The first kappa shape index (κ1) is 23.2. The molecule has 0 saturated heterocycles. The molecule has 1 N–H and O–H groups in total. The summed E-state index contributed by atoms with van der Waals surface area (Å²) in [6, 6.07) is 15.3. The molecule has 1 heterocycles. The molecule has 35 heavy (non-hydrogen) atoms. The SMILES string of the molecule is COc1cccc(F)c1-n1nnn(C(=O)N(C)c2cccc(Oc3cccc(C(=O)O)c3)c2)c1=O. The Morgan fingerprint density at radius 3 is 2.40 bits per heavy atom. The van der Waals surface area contributed by atoms with Crippen molar-refractivity contribution >= 4 is 17.7 Å². The number of carbonyl (C=O) groups is 2. The summed E-state index contributed by atoms with van der Waals surface area (Å²) >= 11 is 0. The summed E-state index contributed by atoms with van der Waals surface area (Å²) in [7, 11) is 2.71. The van der Waals surface area contributed by atoms with Gasteiger partial charge >= 0.3 is 17.7 Å². The Kier molecular flexibility index (Phi) is 6.27. The maximum Gasteiger partial charge on any atom is 0.377 e. The normalized spacial score (nSPS) is 10.6. The van der Waals surface area contributed by atoms with Crippen molar-refractivity contribution in [3.63, 3.8) is 0 Å². The number of rotatable bonds is 6. The lowest BCUT2D eigenvalue weighted by atomic mass is 10.2. The molecule has 1 aromatic heterocycles. The van der Waals surface area contributed by atoms with Crippen LogP contribution in [0.15, 0.2) is 71.5 Å². The fourth-order valence-corrected chi connectivity index (χ4v) is 3.21. The number of carboxylic acid groups (broad SMARTS) is 1. The van der Waals surface area contributed by atoms with Crippen LogP contribution in [-0.2, 0) is 0 Å². The predicted molar refractivity (Wildman–Crippen MR) is 121 cm³/mol. The minimum Gasteiger partial charge on any atom is -0.494 e. The second-order valence-electron chi connectivity index (χ2n) is 7.15. The van der Waals surface area contributed by atoms with Crippen LogP contribution in [0.2, 0.25) is 0 Å². The number of amides is 1. The van der Waals surface area contributed by atoms with E-state index in [0.717, 1.165) is 11.0 Å². The first-order chi connectivity index (χ1) is 16.8. The predicted octanol–water partition coefficient (Wildman–Crippen LogP) is 3.17. The van der Waals surface area contributed by atoms with Crippen LogP contribution in [0, 0.1) is 5.82 Å². The molecule has 178 valence electrons. The van der Waals surface area contributed by atoms with Gasteiger partial charge in [-0.2, -0.15) is 4.68 Å². The van der Waals surface area contributed by atoms with Gasteiger partial charge in [-0.3, -0.25) is 4.90 Å². The van der Waals surface area contributed by atoms with E-state index < -0.39 is 23.5 Å². The number of hydrogen-bond acceptors (Lipinski definition) is 7. The lowest BCUT2D eigenvalue weighted by Crippen LogP contribution is -2.39. The summed E-state index contributed by atoms with van der Waals surface area (Å²) in [5.74, 6) is -1.24. The second-order valence-corrected chi connectivity index (χ2v) is 7.15. The van der Waals surface area contributed by atoms with Gasteiger partial charge in [-0.25, -0.2) is 18.8 Å². The molecule has 0 aliphatic rings. The number of halogens is 1. The second kappa shape index (κ2) is 9.47. The molecule has 0 aliphatic carbocycles. The first-order valence-electron chi connectivity index (χ1n) is 10.1. The van der Waals surface area contributed by atoms with Crippen molar-refractivity contribution in [2.75, 3.05) is 19.1 Å². The maximum absolute atomic E-state index is 14.4. The zero-order valence-electron chi connectivity index (χ0n) is 18.5. The molecule has 12 heteroatoms. The van der Waals surface area contributed by atoms with Gasteiger partial charge in [0.1, 0.15) is 22.9 Å². The number of benzene rings is 3.